The first-order chi connectivity index (χ1) is 11.8. The Kier molecular flexibility index (Phi) is 4.53. The van der Waals surface area contributed by atoms with Crippen LogP contribution in [0.1, 0.15) is 25.0 Å². The summed E-state index contributed by atoms with van der Waals surface area (Å²) in [6, 6.07) is 4.30. The highest BCUT2D eigenvalue weighted by Crippen LogP contribution is 2.24. The van der Waals surface area contributed by atoms with Crippen molar-refractivity contribution in [3.8, 4) is 10.8 Å². The normalized spacial score (nSPS) is 21.5. The zero-order chi connectivity index (χ0) is 16.4. The Morgan fingerprint density at radius 2 is 2.25 bits per heavy atom. The van der Waals surface area contributed by atoms with E-state index < -0.39 is 0 Å². The molecule has 2 amide bonds. The third-order valence-electron chi connectivity index (χ3n) is 4.81. The molecule has 0 saturated carbocycles. The topological polar surface area (TPSA) is 61.6 Å². The first-order valence-electron chi connectivity index (χ1n) is 8.55. The second kappa shape index (κ2) is 6.94. The summed E-state index contributed by atoms with van der Waals surface area (Å²) in [4.78, 5) is 21.3. The number of carbonyl (C=O) groups excluding carboxylic acids is 1. The molecule has 0 aromatic carbocycles. The predicted octanol–water partition coefficient (Wildman–Crippen LogP) is 2.78. The second-order valence-corrected chi connectivity index (χ2v) is 7.27. The highest BCUT2D eigenvalue weighted by molar-refractivity contribution is 7.13. The standard InChI is InChI=1S/C17H22N4O2S/c22-17(21-8-5-14(11-21)20-6-1-2-7-20)18-10-13-12-24-16(19-13)15-4-3-9-23-15/h3-4,9,12,14H,1-2,5-8,10-11H2,(H,18,22). The van der Waals surface area contributed by atoms with Crippen molar-refractivity contribution >= 4 is 17.4 Å². The number of urea groups is 1. The zero-order valence-corrected chi connectivity index (χ0v) is 14.4. The average Bonchev–Trinajstić information content (AvgIpc) is 3.40. The number of thiazole rings is 1. The van der Waals surface area contributed by atoms with Gasteiger partial charge in [-0.15, -0.1) is 11.3 Å². The molecule has 0 spiro atoms. The zero-order valence-electron chi connectivity index (χ0n) is 13.6. The number of rotatable bonds is 4. The number of hydrogen-bond donors (Lipinski definition) is 1. The van der Waals surface area contributed by atoms with Crippen LogP contribution >= 0.6 is 11.3 Å². The van der Waals surface area contributed by atoms with Crippen LogP contribution in [0.5, 0.6) is 0 Å². The van der Waals surface area contributed by atoms with E-state index >= 15 is 0 Å². The molecule has 1 N–H and O–H groups in total. The third kappa shape index (κ3) is 3.32. The fraction of sp³-hybridized carbons (Fsp3) is 0.529. The van der Waals surface area contributed by atoms with Gasteiger partial charge < -0.3 is 14.6 Å². The molecule has 2 aromatic rings. The molecule has 0 radical (unpaired) electrons. The first-order valence-corrected chi connectivity index (χ1v) is 9.42. The van der Waals surface area contributed by atoms with Crippen LogP contribution in [0, 0.1) is 0 Å². The fourth-order valence-corrected chi connectivity index (χ4v) is 4.30. The Balaban J connectivity index is 1.28. The highest BCUT2D eigenvalue weighted by Gasteiger charge is 2.31. The van der Waals surface area contributed by atoms with Gasteiger partial charge in [-0.05, 0) is 44.5 Å². The lowest BCUT2D eigenvalue weighted by Gasteiger charge is -2.23. The van der Waals surface area contributed by atoms with Crippen molar-refractivity contribution in [3.05, 3.63) is 29.5 Å². The minimum atomic E-state index is 0.0178. The minimum Gasteiger partial charge on any atom is -0.462 e. The number of nitrogens with one attached hydrogen (secondary N) is 1. The van der Waals surface area contributed by atoms with Crippen LogP contribution in [-0.2, 0) is 6.54 Å². The van der Waals surface area contributed by atoms with Gasteiger partial charge in [-0.25, -0.2) is 9.78 Å². The molecule has 2 fully saturated rings. The van der Waals surface area contributed by atoms with Crippen molar-refractivity contribution in [2.45, 2.75) is 31.8 Å². The molecule has 24 heavy (non-hydrogen) atoms. The second-order valence-electron chi connectivity index (χ2n) is 6.41. The van der Waals surface area contributed by atoms with E-state index in [0.717, 1.165) is 36.0 Å². The van der Waals surface area contributed by atoms with Crippen LogP contribution in [0.15, 0.2) is 28.2 Å². The van der Waals surface area contributed by atoms with E-state index in [1.807, 2.05) is 22.4 Å². The third-order valence-corrected chi connectivity index (χ3v) is 5.72. The summed E-state index contributed by atoms with van der Waals surface area (Å²) in [5, 5.41) is 5.81. The molecular formula is C17H22N4O2S. The number of aromatic nitrogens is 1. The smallest absolute Gasteiger partial charge is 0.317 e. The van der Waals surface area contributed by atoms with Crippen LogP contribution in [0.25, 0.3) is 10.8 Å². The number of nitrogens with zero attached hydrogens (tertiary/aromatic N) is 3. The van der Waals surface area contributed by atoms with E-state index in [9.17, 15) is 4.79 Å². The SMILES string of the molecule is O=C(NCc1csc(-c2ccco2)n1)N1CCC(N2CCCC2)C1. The van der Waals surface area contributed by atoms with Gasteiger partial charge in [-0.2, -0.15) is 0 Å². The number of amides is 2. The Morgan fingerprint density at radius 3 is 3.04 bits per heavy atom. The van der Waals surface area contributed by atoms with Gasteiger partial charge in [-0.3, -0.25) is 4.90 Å². The Morgan fingerprint density at radius 1 is 1.38 bits per heavy atom. The summed E-state index contributed by atoms with van der Waals surface area (Å²) < 4.78 is 5.35. The summed E-state index contributed by atoms with van der Waals surface area (Å²) in [7, 11) is 0. The Hall–Kier alpha value is -1.86. The highest BCUT2D eigenvalue weighted by atomic mass is 32.1. The van der Waals surface area contributed by atoms with Crippen molar-refractivity contribution in [1.29, 1.82) is 0 Å². The van der Waals surface area contributed by atoms with Crippen LogP contribution in [0.4, 0.5) is 4.79 Å². The maximum atomic E-state index is 12.4. The van der Waals surface area contributed by atoms with Crippen molar-refractivity contribution < 1.29 is 9.21 Å². The predicted molar refractivity (Wildman–Crippen MR) is 92.8 cm³/mol. The van der Waals surface area contributed by atoms with Crippen LogP contribution in [-0.4, -0.2) is 53.0 Å². The van der Waals surface area contributed by atoms with Gasteiger partial charge in [-0.1, -0.05) is 0 Å². The van der Waals surface area contributed by atoms with E-state index in [1.54, 1.807) is 6.26 Å². The number of hydrogen-bond acceptors (Lipinski definition) is 5. The molecule has 2 aromatic heterocycles. The Labute approximate surface area is 145 Å². The molecule has 1 atom stereocenters. The lowest BCUT2D eigenvalue weighted by molar-refractivity contribution is 0.198. The monoisotopic (exact) mass is 346 g/mol. The fourth-order valence-electron chi connectivity index (χ4n) is 3.51. The van der Waals surface area contributed by atoms with Crippen molar-refractivity contribution in [3.63, 3.8) is 0 Å². The minimum absolute atomic E-state index is 0.0178. The summed E-state index contributed by atoms with van der Waals surface area (Å²) >= 11 is 1.53. The van der Waals surface area contributed by atoms with E-state index in [1.165, 1.54) is 37.3 Å². The quantitative estimate of drug-likeness (QED) is 0.925. The average molecular weight is 346 g/mol. The van der Waals surface area contributed by atoms with E-state index in [0.29, 0.717) is 12.6 Å². The van der Waals surface area contributed by atoms with Gasteiger partial charge in [0.15, 0.2) is 10.8 Å². The van der Waals surface area contributed by atoms with Gasteiger partial charge in [0, 0.05) is 24.5 Å². The molecular weight excluding hydrogens is 324 g/mol. The van der Waals surface area contributed by atoms with E-state index in [-0.39, 0.29) is 6.03 Å². The molecule has 6 nitrogen and oxygen atoms in total. The summed E-state index contributed by atoms with van der Waals surface area (Å²) in [6.45, 7) is 4.53. The van der Waals surface area contributed by atoms with Gasteiger partial charge in [0.05, 0.1) is 18.5 Å². The van der Waals surface area contributed by atoms with Crippen LogP contribution in [0.2, 0.25) is 0 Å². The number of furan rings is 1. The molecule has 0 bridgehead atoms. The maximum Gasteiger partial charge on any atom is 0.317 e. The van der Waals surface area contributed by atoms with E-state index in [4.69, 9.17) is 4.42 Å². The summed E-state index contributed by atoms with van der Waals surface area (Å²) in [5.74, 6) is 0.769. The molecule has 4 rings (SSSR count). The van der Waals surface area contributed by atoms with Crippen LogP contribution < -0.4 is 5.32 Å². The van der Waals surface area contributed by atoms with Crippen molar-refractivity contribution in [1.82, 2.24) is 20.1 Å². The molecule has 2 saturated heterocycles. The largest absolute Gasteiger partial charge is 0.462 e. The summed E-state index contributed by atoms with van der Waals surface area (Å²) in [6.07, 6.45) is 5.32. The number of carbonyl (C=O) groups is 1. The summed E-state index contributed by atoms with van der Waals surface area (Å²) in [5.41, 5.74) is 0.870. The van der Waals surface area contributed by atoms with Crippen molar-refractivity contribution in [2.75, 3.05) is 26.2 Å². The molecule has 7 heteroatoms. The lowest BCUT2D eigenvalue weighted by atomic mass is 10.2. The molecule has 128 valence electrons. The van der Waals surface area contributed by atoms with Gasteiger partial charge in [0.25, 0.3) is 0 Å². The number of likely N-dealkylation sites (tertiary alicyclic amines) is 2. The lowest BCUT2D eigenvalue weighted by Crippen LogP contribution is -2.41. The molecule has 1 unspecified atom stereocenters. The van der Waals surface area contributed by atoms with Gasteiger partial charge >= 0.3 is 6.03 Å². The molecule has 4 heterocycles. The van der Waals surface area contributed by atoms with Gasteiger partial charge in [0.2, 0.25) is 0 Å². The maximum absolute atomic E-state index is 12.4. The van der Waals surface area contributed by atoms with E-state index in [2.05, 4.69) is 15.2 Å². The molecule has 2 aliphatic heterocycles. The molecule has 2 aliphatic rings. The molecule has 0 aliphatic carbocycles. The van der Waals surface area contributed by atoms with Crippen molar-refractivity contribution in [2.24, 2.45) is 0 Å². The van der Waals surface area contributed by atoms with Crippen LogP contribution in [0.3, 0.4) is 0 Å². The first kappa shape index (κ1) is 15.7. The van der Waals surface area contributed by atoms with Gasteiger partial charge in [0.1, 0.15) is 0 Å². The Bertz CT molecular complexity index is 679.